The van der Waals surface area contributed by atoms with Crippen LogP contribution < -0.4 is 10.0 Å². The predicted octanol–water partition coefficient (Wildman–Crippen LogP) is 3.12. The zero-order valence-corrected chi connectivity index (χ0v) is 18.9. The Kier molecular flexibility index (Phi) is 7.80. The van der Waals surface area contributed by atoms with Gasteiger partial charge in [0.2, 0.25) is 15.9 Å². The molecule has 6 nitrogen and oxygen atoms in total. The van der Waals surface area contributed by atoms with E-state index in [1.807, 2.05) is 43.3 Å². The number of aliphatic hydroxyl groups is 1. The average molecular weight is 453 g/mol. The highest BCUT2D eigenvalue weighted by molar-refractivity contribution is 7.89. The number of carbonyl (C=O) groups excluding carboxylic acids is 1. The van der Waals surface area contributed by atoms with Crippen molar-refractivity contribution in [1.82, 2.24) is 10.0 Å². The van der Waals surface area contributed by atoms with Crippen molar-refractivity contribution in [1.29, 1.82) is 0 Å². The van der Waals surface area contributed by atoms with Gasteiger partial charge in [0.15, 0.2) is 0 Å². The van der Waals surface area contributed by atoms with Crippen LogP contribution in [-0.4, -0.2) is 31.5 Å². The summed E-state index contributed by atoms with van der Waals surface area (Å²) in [6.07, 6.45) is -0.752. The molecule has 168 valence electrons. The van der Waals surface area contributed by atoms with Crippen LogP contribution in [0.2, 0.25) is 0 Å². The molecule has 1 amide bonds. The number of benzene rings is 3. The van der Waals surface area contributed by atoms with Crippen molar-refractivity contribution in [2.75, 3.05) is 0 Å². The minimum Gasteiger partial charge on any atom is -0.386 e. The van der Waals surface area contributed by atoms with Crippen LogP contribution in [-0.2, 0) is 21.2 Å². The summed E-state index contributed by atoms with van der Waals surface area (Å²) in [4.78, 5) is 13.2. The number of aliphatic hydroxyl groups excluding tert-OH is 1. The normalized spacial score (nSPS) is 14.3. The van der Waals surface area contributed by atoms with Gasteiger partial charge in [0, 0.05) is 0 Å². The van der Waals surface area contributed by atoms with Crippen LogP contribution in [0.1, 0.15) is 29.7 Å². The summed E-state index contributed by atoms with van der Waals surface area (Å²) in [5, 5.41) is 13.4. The van der Waals surface area contributed by atoms with Gasteiger partial charge in [-0.05, 0) is 43.5 Å². The molecule has 0 saturated carbocycles. The number of hydrogen-bond donors (Lipinski definition) is 3. The summed E-state index contributed by atoms with van der Waals surface area (Å²) in [5.41, 5.74) is 2.42. The zero-order valence-electron chi connectivity index (χ0n) is 18.1. The molecule has 0 fully saturated rings. The van der Waals surface area contributed by atoms with E-state index in [1.165, 1.54) is 12.1 Å². The number of nitrogens with one attached hydrogen (secondary N) is 2. The Bertz CT molecular complexity index is 1120. The van der Waals surface area contributed by atoms with Crippen molar-refractivity contribution in [3.63, 3.8) is 0 Å². The van der Waals surface area contributed by atoms with Crippen molar-refractivity contribution in [3.05, 3.63) is 102 Å². The summed E-state index contributed by atoms with van der Waals surface area (Å²) < 4.78 is 28.4. The molecule has 0 spiro atoms. The van der Waals surface area contributed by atoms with Gasteiger partial charge >= 0.3 is 0 Å². The standard InChI is InChI=1S/C25H28N2O4S/c1-18-13-15-22(16-14-18)32(30,31)27-23(17-20-9-5-3-6-10-20)25(29)26-19(2)24(28)21-11-7-4-8-12-21/h3-16,19,23-24,27-28H,17H2,1-2H3,(H,26,29)/t19-,23+,24-/m0/s1. The van der Waals surface area contributed by atoms with Crippen molar-refractivity contribution in [2.24, 2.45) is 0 Å². The van der Waals surface area contributed by atoms with Crippen molar-refractivity contribution in [2.45, 2.75) is 43.4 Å². The fraction of sp³-hybridized carbons (Fsp3) is 0.240. The van der Waals surface area contributed by atoms with E-state index in [0.29, 0.717) is 5.56 Å². The maximum atomic E-state index is 13.1. The fourth-order valence-corrected chi connectivity index (χ4v) is 4.55. The SMILES string of the molecule is Cc1ccc(S(=O)(=O)N[C@H](Cc2ccccc2)C(=O)N[C@@H](C)[C@H](O)c2ccccc2)cc1. The lowest BCUT2D eigenvalue weighted by Crippen LogP contribution is -2.51. The molecule has 0 radical (unpaired) electrons. The Morgan fingerprint density at radius 1 is 0.906 bits per heavy atom. The molecule has 0 saturated heterocycles. The number of hydrogen-bond acceptors (Lipinski definition) is 4. The molecule has 0 unspecified atom stereocenters. The Morgan fingerprint density at radius 3 is 2.06 bits per heavy atom. The first-order valence-corrected chi connectivity index (χ1v) is 11.9. The molecule has 3 rings (SSSR count). The van der Waals surface area contributed by atoms with Crippen LogP contribution in [0.3, 0.4) is 0 Å². The van der Waals surface area contributed by atoms with Gasteiger partial charge in [-0.15, -0.1) is 0 Å². The lowest BCUT2D eigenvalue weighted by Gasteiger charge is -2.24. The van der Waals surface area contributed by atoms with Crippen LogP contribution in [0.4, 0.5) is 0 Å². The molecule has 0 heterocycles. The van der Waals surface area contributed by atoms with E-state index in [9.17, 15) is 18.3 Å². The number of aryl methyl sites for hydroxylation is 1. The molecule has 32 heavy (non-hydrogen) atoms. The van der Waals surface area contributed by atoms with Crippen molar-refractivity contribution < 1.29 is 18.3 Å². The number of carbonyl (C=O) groups is 1. The van der Waals surface area contributed by atoms with Crippen LogP contribution in [0.15, 0.2) is 89.8 Å². The smallest absolute Gasteiger partial charge is 0.241 e. The van der Waals surface area contributed by atoms with E-state index >= 15 is 0 Å². The predicted molar refractivity (Wildman–Crippen MR) is 124 cm³/mol. The Morgan fingerprint density at radius 2 is 1.47 bits per heavy atom. The lowest BCUT2D eigenvalue weighted by atomic mass is 10.0. The van der Waals surface area contributed by atoms with Gasteiger partial charge in [-0.3, -0.25) is 4.79 Å². The minimum atomic E-state index is -3.92. The Hall–Kier alpha value is -3.00. The molecule has 3 aromatic rings. The van der Waals surface area contributed by atoms with Gasteiger partial charge in [-0.25, -0.2) is 8.42 Å². The quantitative estimate of drug-likeness (QED) is 0.465. The van der Waals surface area contributed by atoms with Gasteiger partial charge in [0.1, 0.15) is 6.04 Å². The fourth-order valence-electron chi connectivity index (χ4n) is 3.35. The second-order valence-corrected chi connectivity index (χ2v) is 9.54. The Balaban J connectivity index is 1.80. The third-order valence-corrected chi connectivity index (χ3v) is 6.70. The summed E-state index contributed by atoms with van der Waals surface area (Å²) in [6, 6.07) is 23.0. The van der Waals surface area contributed by atoms with E-state index in [0.717, 1.165) is 11.1 Å². The van der Waals surface area contributed by atoms with Crippen LogP contribution >= 0.6 is 0 Å². The molecule has 0 aromatic heterocycles. The third-order valence-electron chi connectivity index (χ3n) is 5.21. The van der Waals surface area contributed by atoms with Crippen LogP contribution in [0, 0.1) is 6.92 Å². The maximum Gasteiger partial charge on any atom is 0.241 e. The number of rotatable bonds is 9. The Labute approximate surface area is 189 Å². The highest BCUT2D eigenvalue weighted by atomic mass is 32.2. The van der Waals surface area contributed by atoms with Crippen molar-refractivity contribution in [3.8, 4) is 0 Å². The third kappa shape index (κ3) is 6.26. The van der Waals surface area contributed by atoms with E-state index in [2.05, 4.69) is 10.0 Å². The van der Waals surface area contributed by atoms with E-state index in [-0.39, 0.29) is 11.3 Å². The molecule has 0 aliphatic carbocycles. The van der Waals surface area contributed by atoms with Gasteiger partial charge < -0.3 is 10.4 Å². The summed E-state index contributed by atoms with van der Waals surface area (Å²) in [5.74, 6) is -0.507. The lowest BCUT2D eigenvalue weighted by molar-refractivity contribution is -0.124. The first kappa shape index (κ1) is 23.7. The van der Waals surface area contributed by atoms with Gasteiger partial charge in [-0.1, -0.05) is 78.4 Å². The molecular weight excluding hydrogens is 424 g/mol. The molecule has 7 heteroatoms. The van der Waals surface area contributed by atoms with Crippen LogP contribution in [0.5, 0.6) is 0 Å². The molecule has 3 atom stereocenters. The first-order valence-electron chi connectivity index (χ1n) is 10.4. The second-order valence-electron chi connectivity index (χ2n) is 7.83. The zero-order chi connectivity index (χ0) is 23.1. The average Bonchev–Trinajstić information content (AvgIpc) is 2.79. The van der Waals surface area contributed by atoms with E-state index in [1.54, 1.807) is 43.3 Å². The molecule has 0 aliphatic rings. The van der Waals surface area contributed by atoms with Gasteiger partial charge in [-0.2, -0.15) is 4.72 Å². The number of sulfonamides is 1. The first-order chi connectivity index (χ1) is 15.3. The van der Waals surface area contributed by atoms with Gasteiger partial charge in [0.05, 0.1) is 17.0 Å². The molecule has 3 N–H and O–H groups in total. The molecule has 3 aromatic carbocycles. The largest absolute Gasteiger partial charge is 0.386 e. The maximum absolute atomic E-state index is 13.1. The highest BCUT2D eigenvalue weighted by Gasteiger charge is 2.28. The van der Waals surface area contributed by atoms with E-state index in [4.69, 9.17) is 0 Å². The molecule has 0 aliphatic heterocycles. The van der Waals surface area contributed by atoms with Gasteiger partial charge in [0.25, 0.3) is 0 Å². The topological polar surface area (TPSA) is 95.5 Å². The van der Waals surface area contributed by atoms with E-state index < -0.39 is 34.1 Å². The minimum absolute atomic E-state index is 0.0892. The highest BCUT2D eigenvalue weighted by Crippen LogP contribution is 2.17. The molecular formula is C25H28N2O4S. The molecule has 0 bridgehead atoms. The van der Waals surface area contributed by atoms with Crippen LogP contribution in [0.25, 0.3) is 0 Å². The summed E-state index contributed by atoms with van der Waals surface area (Å²) in [7, 11) is -3.92. The summed E-state index contributed by atoms with van der Waals surface area (Å²) in [6.45, 7) is 3.55. The monoisotopic (exact) mass is 452 g/mol. The van der Waals surface area contributed by atoms with Crippen molar-refractivity contribution >= 4 is 15.9 Å². The summed E-state index contributed by atoms with van der Waals surface area (Å²) >= 11 is 0. The second kappa shape index (κ2) is 10.5. The number of amides is 1.